The first-order chi connectivity index (χ1) is 14.2. The molecule has 0 radical (unpaired) electrons. The highest BCUT2D eigenvalue weighted by Gasteiger charge is 2.61. The van der Waals surface area contributed by atoms with Crippen LogP contribution < -0.4 is 0 Å². The van der Waals surface area contributed by atoms with Gasteiger partial charge in [0.1, 0.15) is 11.6 Å². The Labute approximate surface area is 179 Å². The van der Waals surface area contributed by atoms with Gasteiger partial charge in [-0.05, 0) is 52.1 Å². The van der Waals surface area contributed by atoms with Crippen LogP contribution in [0.4, 0.5) is 4.79 Å². The van der Waals surface area contributed by atoms with Gasteiger partial charge in [0.15, 0.2) is 0 Å². The molecule has 1 amide bonds. The van der Waals surface area contributed by atoms with Gasteiger partial charge in [0.2, 0.25) is 0 Å². The van der Waals surface area contributed by atoms with Gasteiger partial charge in [-0.25, -0.2) is 9.59 Å². The Morgan fingerprint density at radius 1 is 1.27 bits per heavy atom. The Hall–Kier alpha value is -2.34. The van der Waals surface area contributed by atoms with Crippen LogP contribution in [0.3, 0.4) is 0 Å². The fraction of sp³-hybridized carbons (Fsp3) is 0.583. The largest absolute Gasteiger partial charge is 0.467 e. The van der Waals surface area contributed by atoms with Crippen molar-refractivity contribution >= 4 is 12.1 Å². The van der Waals surface area contributed by atoms with Gasteiger partial charge < -0.3 is 9.47 Å². The van der Waals surface area contributed by atoms with Gasteiger partial charge >= 0.3 is 12.1 Å². The third kappa shape index (κ3) is 4.38. The minimum absolute atomic E-state index is 0.0288. The van der Waals surface area contributed by atoms with E-state index in [4.69, 9.17) is 9.47 Å². The second kappa shape index (κ2) is 8.80. The first kappa shape index (κ1) is 22.3. The molecule has 2 fully saturated rings. The van der Waals surface area contributed by atoms with Crippen molar-refractivity contribution in [2.45, 2.75) is 64.3 Å². The molecule has 0 bridgehead atoms. The van der Waals surface area contributed by atoms with E-state index in [1.54, 1.807) is 4.90 Å². The molecule has 0 saturated carbocycles. The number of carbonyl (C=O) groups is 2. The third-order valence-electron chi connectivity index (χ3n) is 6.22. The molecule has 2 aliphatic heterocycles. The van der Waals surface area contributed by atoms with E-state index in [0.717, 1.165) is 25.9 Å². The van der Waals surface area contributed by atoms with Gasteiger partial charge in [-0.1, -0.05) is 36.4 Å². The van der Waals surface area contributed by atoms with E-state index >= 15 is 0 Å². The monoisotopic (exact) mass is 414 g/mol. The lowest BCUT2D eigenvalue weighted by molar-refractivity contribution is -0.151. The Morgan fingerprint density at radius 2 is 1.97 bits per heavy atom. The van der Waals surface area contributed by atoms with E-state index in [9.17, 15) is 9.59 Å². The zero-order valence-electron chi connectivity index (χ0n) is 18.6. The standard InChI is InChI=1S/C24H34N2O4/c1-6-13-24-14-10-15-25(16-18-11-8-7-9-12-18)19(24)17-26(20(24)21(27)29-5)22(28)30-23(2,3)4/h6-9,11-12,19-20H,1,10,13-17H2,2-5H3/t19-,20+,24-/m0/s1. The lowest BCUT2D eigenvalue weighted by Crippen LogP contribution is -2.56. The Balaban J connectivity index is 1.98. The summed E-state index contributed by atoms with van der Waals surface area (Å²) < 4.78 is 10.8. The molecule has 0 aromatic heterocycles. The van der Waals surface area contributed by atoms with Crippen molar-refractivity contribution in [3.63, 3.8) is 0 Å². The number of rotatable bonds is 5. The van der Waals surface area contributed by atoms with Gasteiger partial charge in [0.25, 0.3) is 0 Å². The second-order valence-electron chi connectivity index (χ2n) is 9.36. The van der Waals surface area contributed by atoms with Crippen LogP contribution in [0.1, 0.15) is 45.6 Å². The van der Waals surface area contributed by atoms with Crippen molar-refractivity contribution in [3.05, 3.63) is 48.6 Å². The fourth-order valence-corrected chi connectivity index (χ4v) is 5.12. The summed E-state index contributed by atoms with van der Waals surface area (Å²) in [5.74, 6) is -0.383. The summed E-state index contributed by atoms with van der Waals surface area (Å²) >= 11 is 0. The Bertz CT molecular complexity index is 773. The SMILES string of the molecule is C=CC[C@]12CCCN(Cc3ccccc3)[C@H]1CN(C(=O)OC(C)(C)C)[C@@H]2C(=O)OC. The molecule has 1 aromatic carbocycles. The van der Waals surface area contributed by atoms with Crippen molar-refractivity contribution in [2.75, 3.05) is 20.2 Å². The average Bonchev–Trinajstić information content (AvgIpc) is 3.03. The molecule has 6 nitrogen and oxygen atoms in total. The number of ether oxygens (including phenoxy) is 2. The maximum absolute atomic E-state index is 13.1. The smallest absolute Gasteiger partial charge is 0.411 e. The number of carbonyl (C=O) groups excluding carboxylic acids is 2. The molecule has 2 aliphatic rings. The molecule has 3 atom stereocenters. The van der Waals surface area contributed by atoms with Crippen molar-refractivity contribution in [3.8, 4) is 0 Å². The summed E-state index contributed by atoms with van der Waals surface area (Å²) in [6.45, 7) is 11.6. The van der Waals surface area contributed by atoms with E-state index in [0.29, 0.717) is 13.0 Å². The number of esters is 1. The summed E-state index contributed by atoms with van der Waals surface area (Å²) in [5, 5.41) is 0. The van der Waals surface area contributed by atoms with Crippen LogP contribution in [0.15, 0.2) is 43.0 Å². The predicted octanol–water partition coefficient (Wildman–Crippen LogP) is 4.01. The van der Waals surface area contributed by atoms with Crippen LogP contribution in [-0.2, 0) is 20.8 Å². The molecule has 1 aromatic rings. The molecule has 2 saturated heterocycles. The number of nitrogens with zero attached hydrogens (tertiary/aromatic N) is 2. The maximum atomic E-state index is 13.1. The van der Waals surface area contributed by atoms with Crippen LogP contribution in [0, 0.1) is 5.41 Å². The molecule has 3 rings (SSSR count). The third-order valence-corrected chi connectivity index (χ3v) is 6.22. The van der Waals surface area contributed by atoms with Crippen molar-refractivity contribution in [2.24, 2.45) is 5.41 Å². The number of allylic oxidation sites excluding steroid dienone is 1. The first-order valence-corrected chi connectivity index (χ1v) is 10.7. The number of piperidine rings is 1. The van der Waals surface area contributed by atoms with Crippen LogP contribution in [0.2, 0.25) is 0 Å². The van der Waals surface area contributed by atoms with Crippen LogP contribution >= 0.6 is 0 Å². The lowest BCUT2D eigenvalue weighted by Gasteiger charge is -2.47. The van der Waals surface area contributed by atoms with Gasteiger partial charge in [0.05, 0.1) is 7.11 Å². The van der Waals surface area contributed by atoms with Crippen LogP contribution in [-0.4, -0.2) is 59.7 Å². The van der Waals surface area contributed by atoms with Gasteiger partial charge in [0, 0.05) is 24.5 Å². The summed E-state index contributed by atoms with van der Waals surface area (Å²) in [4.78, 5) is 30.1. The van der Waals surface area contributed by atoms with E-state index < -0.39 is 23.2 Å². The number of benzene rings is 1. The van der Waals surface area contributed by atoms with Crippen molar-refractivity contribution in [1.29, 1.82) is 0 Å². The van der Waals surface area contributed by atoms with Crippen LogP contribution in [0.5, 0.6) is 0 Å². The summed E-state index contributed by atoms with van der Waals surface area (Å²) in [6.07, 6.45) is 3.84. The highest BCUT2D eigenvalue weighted by atomic mass is 16.6. The summed E-state index contributed by atoms with van der Waals surface area (Å²) in [5.41, 5.74) is 0.150. The molecule has 0 aliphatic carbocycles. The quantitative estimate of drug-likeness (QED) is 0.538. The minimum atomic E-state index is -0.682. The number of methoxy groups -OCH3 is 1. The highest BCUT2D eigenvalue weighted by Crippen LogP contribution is 2.50. The van der Waals surface area contributed by atoms with E-state index in [-0.39, 0.29) is 12.0 Å². The van der Waals surface area contributed by atoms with Gasteiger partial charge in [-0.3, -0.25) is 9.80 Å². The molecule has 164 valence electrons. The second-order valence-corrected chi connectivity index (χ2v) is 9.36. The van der Waals surface area contributed by atoms with Gasteiger partial charge in [-0.15, -0.1) is 6.58 Å². The molecule has 0 unspecified atom stereocenters. The summed E-state index contributed by atoms with van der Waals surface area (Å²) in [7, 11) is 1.38. The fourth-order valence-electron chi connectivity index (χ4n) is 5.12. The Kier molecular flexibility index (Phi) is 6.56. The average molecular weight is 415 g/mol. The lowest BCUT2D eigenvalue weighted by atomic mass is 9.68. The minimum Gasteiger partial charge on any atom is -0.467 e. The number of likely N-dealkylation sites (tertiary alicyclic amines) is 2. The number of amides is 1. The van der Waals surface area contributed by atoms with E-state index in [2.05, 4.69) is 23.6 Å². The van der Waals surface area contributed by atoms with Gasteiger partial charge in [-0.2, -0.15) is 0 Å². The maximum Gasteiger partial charge on any atom is 0.411 e. The number of hydrogen-bond acceptors (Lipinski definition) is 5. The Morgan fingerprint density at radius 3 is 2.57 bits per heavy atom. The molecule has 2 heterocycles. The molecule has 6 heteroatoms. The normalized spacial score (nSPS) is 26.7. The molecular weight excluding hydrogens is 380 g/mol. The molecule has 30 heavy (non-hydrogen) atoms. The first-order valence-electron chi connectivity index (χ1n) is 10.7. The molecule has 0 N–H and O–H groups in total. The predicted molar refractivity (Wildman–Crippen MR) is 116 cm³/mol. The zero-order chi connectivity index (χ0) is 21.9. The molecular formula is C24H34N2O4. The van der Waals surface area contributed by atoms with E-state index in [1.165, 1.54) is 12.7 Å². The van der Waals surface area contributed by atoms with Crippen molar-refractivity contribution in [1.82, 2.24) is 9.80 Å². The highest BCUT2D eigenvalue weighted by molar-refractivity contribution is 5.83. The van der Waals surface area contributed by atoms with Crippen LogP contribution in [0.25, 0.3) is 0 Å². The van der Waals surface area contributed by atoms with E-state index in [1.807, 2.05) is 45.0 Å². The number of fused-ring (bicyclic) bond motifs is 1. The molecule has 0 spiro atoms. The number of hydrogen-bond donors (Lipinski definition) is 0. The topological polar surface area (TPSA) is 59.1 Å². The zero-order valence-corrected chi connectivity index (χ0v) is 18.6. The van der Waals surface area contributed by atoms with Crippen molar-refractivity contribution < 1.29 is 19.1 Å². The summed E-state index contributed by atoms with van der Waals surface area (Å²) in [6, 6.07) is 9.66.